The molecule has 104 valence electrons. The van der Waals surface area contributed by atoms with E-state index in [0.29, 0.717) is 11.9 Å². The van der Waals surface area contributed by atoms with Gasteiger partial charge in [-0.2, -0.15) is 5.10 Å². The van der Waals surface area contributed by atoms with Crippen molar-refractivity contribution in [2.75, 3.05) is 19.0 Å². The third-order valence-corrected chi connectivity index (χ3v) is 3.71. The standard InChI is InChI=1S/C11H16N6.C2H6/c1-6-4-7-8-9(10(12)15-17(7)3)13-5-14-11(8)16(6)2;1-2/h5-7H,4H2,1-3H3,(H2,12,15);1-2H3. The summed E-state index contributed by atoms with van der Waals surface area (Å²) in [5.41, 5.74) is 7.83. The van der Waals surface area contributed by atoms with Gasteiger partial charge in [-0.1, -0.05) is 13.8 Å². The zero-order chi connectivity index (χ0) is 14.2. The maximum atomic E-state index is 5.93. The lowest BCUT2D eigenvalue weighted by Crippen LogP contribution is -2.44. The SMILES string of the molecule is CC.CC1CC2c3c(ncnc3N1C)C(N)=NN2C. The quantitative estimate of drug-likeness (QED) is 0.764. The Balaban J connectivity index is 0.000000637. The highest BCUT2D eigenvalue weighted by molar-refractivity contribution is 5.98. The van der Waals surface area contributed by atoms with Gasteiger partial charge in [0.25, 0.3) is 0 Å². The van der Waals surface area contributed by atoms with Gasteiger partial charge in [0.2, 0.25) is 0 Å². The van der Waals surface area contributed by atoms with Gasteiger partial charge in [0.1, 0.15) is 17.8 Å². The Bertz CT molecular complexity index is 498. The average Bonchev–Trinajstić information content (AvgIpc) is 2.43. The molecule has 0 spiro atoms. The van der Waals surface area contributed by atoms with Crippen molar-refractivity contribution in [3.63, 3.8) is 0 Å². The molecule has 0 saturated heterocycles. The molecule has 6 nitrogen and oxygen atoms in total. The fourth-order valence-electron chi connectivity index (χ4n) is 2.61. The van der Waals surface area contributed by atoms with Gasteiger partial charge in [-0.05, 0) is 13.3 Å². The molecule has 3 rings (SSSR count). The van der Waals surface area contributed by atoms with E-state index in [0.717, 1.165) is 23.5 Å². The van der Waals surface area contributed by atoms with Crippen LogP contribution in [-0.2, 0) is 0 Å². The van der Waals surface area contributed by atoms with Crippen LogP contribution in [-0.4, -0.2) is 40.9 Å². The second-order valence-electron chi connectivity index (χ2n) is 4.73. The van der Waals surface area contributed by atoms with Crippen LogP contribution in [0.15, 0.2) is 11.4 Å². The van der Waals surface area contributed by atoms with E-state index in [9.17, 15) is 0 Å². The lowest BCUT2D eigenvalue weighted by molar-refractivity contribution is 0.218. The van der Waals surface area contributed by atoms with Gasteiger partial charge in [-0.25, -0.2) is 9.97 Å². The van der Waals surface area contributed by atoms with Crippen molar-refractivity contribution < 1.29 is 0 Å². The van der Waals surface area contributed by atoms with E-state index in [4.69, 9.17) is 5.73 Å². The first kappa shape index (κ1) is 13.6. The Hall–Kier alpha value is -1.85. The summed E-state index contributed by atoms with van der Waals surface area (Å²) in [5.74, 6) is 1.45. The van der Waals surface area contributed by atoms with Crippen molar-refractivity contribution in [1.82, 2.24) is 15.0 Å². The molecule has 2 aliphatic rings. The molecule has 2 unspecified atom stereocenters. The summed E-state index contributed by atoms with van der Waals surface area (Å²) in [6.07, 6.45) is 2.57. The molecule has 0 radical (unpaired) electrons. The second-order valence-corrected chi connectivity index (χ2v) is 4.73. The summed E-state index contributed by atoms with van der Waals surface area (Å²) in [5, 5.41) is 6.25. The van der Waals surface area contributed by atoms with E-state index >= 15 is 0 Å². The molecule has 19 heavy (non-hydrogen) atoms. The molecule has 0 bridgehead atoms. The smallest absolute Gasteiger partial charge is 0.170 e. The van der Waals surface area contributed by atoms with Gasteiger partial charge in [-0.15, -0.1) is 0 Å². The lowest BCUT2D eigenvalue weighted by atomic mass is 9.92. The van der Waals surface area contributed by atoms with Crippen LogP contribution in [0.25, 0.3) is 0 Å². The van der Waals surface area contributed by atoms with E-state index in [1.165, 1.54) is 0 Å². The molecule has 0 aliphatic carbocycles. The highest BCUT2D eigenvalue weighted by Crippen LogP contribution is 2.40. The molecule has 0 aromatic carbocycles. The molecule has 2 atom stereocenters. The Morgan fingerprint density at radius 2 is 1.95 bits per heavy atom. The maximum absolute atomic E-state index is 5.93. The van der Waals surface area contributed by atoms with E-state index < -0.39 is 0 Å². The van der Waals surface area contributed by atoms with Gasteiger partial charge >= 0.3 is 0 Å². The number of rotatable bonds is 0. The van der Waals surface area contributed by atoms with E-state index in [-0.39, 0.29) is 6.04 Å². The van der Waals surface area contributed by atoms with Crippen LogP contribution < -0.4 is 10.6 Å². The predicted molar refractivity (Wildman–Crippen MR) is 77.1 cm³/mol. The number of hydrazone groups is 1. The third-order valence-electron chi connectivity index (χ3n) is 3.71. The number of amidine groups is 1. The third kappa shape index (κ3) is 2.01. The number of hydrogen-bond donors (Lipinski definition) is 1. The van der Waals surface area contributed by atoms with Crippen LogP contribution in [0.1, 0.15) is 44.5 Å². The van der Waals surface area contributed by atoms with E-state index in [1.807, 2.05) is 25.9 Å². The predicted octanol–water partition coefficient (Wildman–Crippen LogP) is 1.34. The first-order valence-corrected chi connectivity index (χ1v) is 6.74. The van der Waals surface area contributed by atoms with Gasteiger partial charge in [0, 0.05) is 25.7 Å². The van der Waals surface area contributed by atoms with E-state index in [2.05, 4.69) is 33.9 Å². The molecule has 2 aliphatic heterocycles. The lowest BCUT2D eigenvalue weighted by Gasteiger charge is -2.42. The van der Waals surface area contributed by atoms with Gasteiger partial charge < -0.3 is 10.6 Å². The minimum absolute atomic E-state index is 0.236. The first-order chi connectivity index (χ1) is 9.09. The summed E-state index contributed by atoms with van der Waals surface area (Å²) in [4.78, 5) is 10.8. The minimum atomic E-state index is 0.236. The Morgan fingerprint density at radius 1 is 1.26 bits per heavy atom. The number of aromatic nitrogens is 2. The summed E-state index contributed by atoms with van der Waals surface area (Å²) in [7, 11) is 4.01. The average molecular weight is 262 g/mol. The number of anilines is 1. The topological polar surface area (TPSA) is 70.6 Å². The Kier molecular flexibility index (Phi) is 3.59. The first-order valence-electron chi connectivity index (χ1n) is 6.74. The highest BCUT2D eigenvalue weighted by Gasteiger charge is 2.37. The van der Waals surface area contributed by atoms with Crippen LogP contribution >= 0.6 is 0 Å². The molecule has 2 N–H and O–H groups in total. The molecule has 0 amide bonds. The summed E-state index contributed by atoms with van der Waals surface area (Å²) >= 11 is 0. The Labute approximate surface area is 114 Å². The molecular weight excluding hydrogens is 240 g/mol. The van der Waals surface area contributed by atoms with Gasteiger partial charge in [-0.3, -0.25) is 5.01 Å². The van der Waals surface area contributed by atoms with Gasteiger partial charge in [0.15, 0.2) is 5.84 Å². The van der Waals surface area contributed by atoms with Crippen LogP contribution in [0.5, 0.6) is 0 Å². The number of nitrogens with zero attached hydrogens (tertiary/aromatic N) is 5. The molecule has 0 saturated carbocycles. The zero-order valence-corrected chi connectivity index (χ0v) is 12.3. The van der Waals surface area contributed by atoms with Crippen molar-refractivity contribution in [3.8, 4) is 0 Å². The zero-order valence-electron chi connectivity index (χ0n) is 12.3. The van der Waals surface area contributed by atoms with Crippen molar-refractivity contribution in [1.29, 1.82) is 0 Å². The molecule has 1 aromatic rings. The fraction of sp³-hybridized carbons (Fsp3) is 0.615. The highest BCUT2D eigenvalue weighted by atomic mass is 15.5. The van der Waals surface area contributed by atoms with Crippen LogP contribution in [0.4, 0.5) is 5.82 Å². The normalized spacial score (nSPS) is 24.2. The molecular formula is C13H22N6. The van der Waals surface area contributed by atoms with Crippen molar-refractivity contribution >= 4 is 11.7 Å². The summed E-state index contributed by atoms with van der Waals surface area (Å²) in [6, 6.07) is 0.673. The van der Waals surface area contributed by atoms with Crippen molar-refractivity contribution in [2.24, 2.45) is 10.8 Å². The van der Waals surface area contributed by atoms with Crippen LogP contribution in [0, 0.1) is 0 Å². The number of nitrogens with two attached hydrogens (primary N) is 1. The molecule has 1 aromatic heterocycles. The van der Waals surface area contributed by atoms with Crippen LogP contribution in [0.2, 0.25) is 0 Å². The van der Waals surface area contributed by atoms with Crippen LogP contribution in [0.3, 0.4) is 0 Å². The monoisotopic (exact) mass is 262 g/mol. The van der Waals surface area contributed by atoms with Crippen molar-refractivity contribution in [2.45, 2.75) is 39.3 Å². The van der Waals surface area contributed by atoms with Crippen molar-refractivity contribution in [3.05, 3.63) is 17.6 Å². The maximum Gasteiger partial charge on any atom is 0.170 e. The summed E-state index contributed by atoms with van der Waals surface area (Å²) < 4.78 is 0. The van der Waals surface area contributed by atoms with Gasteiger partial charge in [0.05, 0.1) is 6.04 Å². The molecule has 6 heteroatoms. The fourth-order valence-corrected chi connectivity index (χ4v) is 2.61. The number of hydrogen-bond acceptors (Lipinski definition) is 6. The summed E-state index contributed by atoms with van der Waals surface area (Å²) in [6.45, 7) is 6.19. The molecule has 3 heterocycles. The molecule has 0 fully saturated rings. The van der Waals surface area contributed by atoms with E-state index in [1.54, 1.807) is 6.33 Å². The Morgan fingerprint density at radius 3 is 2.63 bits per heavy atom. The second kappa shape index (κ2) is 5.03. The minimum Gasteiger partial charge on any atom is -0.380 e. The largest absolute Gasteiger partial charge is 0.380 e.